The molecule has 0 unspecified atom stereocenters. The molecule has 0 bridgehead atoms. The lowest BCUT2D eigenvalue weighted by Crippen LogP contribution is -2.19. The molecule has 0 saturated heterocycles. The molecule has 0 N–H and O–H groups in total. The van der Waals surface area contributed by atoms with E-state index in [1.54, 1.807) is 0 Å². The van der Waals surface area contributed by atoms with Crippen LogP contribution in [0.25, 0.3) is 6.08 Å². The normalized spacial score (nSPS) is 17.4. The molecule has 0 aliphatic carbocycles. The third kappa shape index (κ3) is 1.08. The summed E-state index contributed by atoms with van der Waals surface area (Å²) >= 11 is 5.51. The van der Waals surface area contributed by atoms with Gasteiger partial charge in [0.2, 0.25) is 0 Å². The summed E-state index contributed by atoms with van der Waals surface area (Å²) < 4.78 is 0. The zero-order valence-corrected chi connectivity index (χ0v) is 6.55. The second kappa shape index (κ2) is 2.51. The standard InChI is InChI=1S/C9H6ClN/c10-6-8-5-7-3-1-2-4-9(7)11-8/h1-6H. The molecule has 1 heterocycles. The van der Waals surface area contributed by atoms with Gasteiger partial charge in [-0.15, -0.1) is 0 Å². The molecule has 2 heteroatoms. The molecule has 1 aromatic rings. The molecular weight excluding hydrogens is 158 g/mol. The number of hydrogen-bond acceptors (Lipinski definition) is 1. The molecule has 0 spiro atoms. The summed E-state index contributed by atoms with van der Waals surface area (Å²) in [5.74, 6) is 0. The molecule has 1 nitrogen and oxygen atoms in total. The van der Waals surface area contributed by atoms with Crippen LogP contribution < -0.4 is 10.6 Å². The van der Waals surface area contributed by atoms with Gasteiger partial charge in [0.05, 0.1) is 11.1 Å². The summed E-state index contributed by atoms with van der Waals surface area (Å²) in [7, 11) is 0. The summed E-state index contributed by atoms with van der Waals surface area (Å²) in [6.45, 7) is 0. The number of nitrogens with zero attached hydrogens (tertiary/aromatic N) is 1. The van der Waals surface area contributed by atoms with Crippen LogP contribution >= 0.6 is 11.6 Å². The molecule has 54 valence electrons. The van der Waals surface area contributed by atoms with Crippen LogP contribution in [0.15, 0.2) is 40.5 Å². The van der Waals surface area contributed by atoms with Gasteiger partial charge in [0, 0.05) is 10.8 Å². The first-order chi connectivity index (χ1) is 5.40. The number of fused-ring (bicyclic) bond motifs is 1. The number of allylic oxidation sites excluding steroid dienone is 1. The highest BCUT2D eigenvalue weighted by molar-refractivity contribution is 6.26. The molecule has 0 aromatic heterocycles. The van der Waals surface area contributed by atoms with Gasteiger partial charge in [0.25, 0.3) is 0 Å². The lowest BCUT2D eigenvalue weighted by molar-refractivity contribution is 1.33. The van der Waals surface area contributed by atoms with Crippen molar-refractivity contribution < 1.29 is 0 Å². The van der Waals surface area contributed by atoms with Gasteiger partial charge in [-0.1, -0.05) is 29.8 Å². The fourth-order valence-corrected chi connectivity index (χ4v) is 1.21. The van der Waals surface area contributed by atoms with E-state index in [9.17, 15) is 0 Å². The average molecular weight is 164 g/mol. The number of para-hydroxylation sites is 1. The zero-order chi connectivity index (χ0) is 7.68. The van der Waals surface area contributed by atoms with E-state index in [1.165, 1.54) is 5.54 Å². The molecule has 0 radical (unpaired) electrons. The molecule has 0 fully saturated rings. The van der Waals surface area contributed by atoms with Gasteiger partial charge in [-0.2, -0.15) is 0 Å². The Morgan fingerprint density at radius 3 is 2.82 bits per heavy atom. The van der Waals surface area contributed by atoms with Crippen molar-refractivity contribution in [2.45, 2.75) is 0 Å². The largest absolute Gasteiger partial charge is 0.247 e. The molecule has 0 atom stereocenters. The third-order valence-electron chi connectivity index (χ3n) is 1.60. The zero-order valence-electron chi connectivity index (χ0n) is 5.79. The van der Waals surface area contributed by atoms with Crippen molar-refractivity contribution in [2.24, 2.45) is 4.99 Å². The Hall–Kier alpha value is -1.08. The second-order valence-corrected chi connectivity index (χ2v) is 2.57. The van der Waals surface area contributed by atoms with Crippen molar-refractivity contribution in [3.05, 3.63) is 46.1 Å². The summed E-state index contributed by atoms with van der Waals surface area (Å²) in [6.07, 6.45) is 1.96. The Morgan fingerprint density at radius 2 is 2.09 bits per heavy atom. The van der Waals surface area contributed by atoms with Gasteiger partial charge >= 0.3 is 0 Å². The first kappa shape index (κ1) is 6.62. The molecule has 2 rings (SSSR count). The van der Waals surface area contributed by atoms with Crippen LogP contribution in [0.3, 0.4) is 0 Å². The third-order valence-corrected chi connectivity index (χ3v) is 1.83. The molecule has 11 heavy (non-hydrogen) atoms. The highest BCUT2D eigenvalue weighted by Crippen LogP contribution is 2.01. The van der Waals surface area contributed by atoms with Crippen molar-refractivity contribution >= 4 is 17.7 Å². The predicted octanol–water partition coefficient (Wildman–Crippen LogP) is 1.18. The van der Waals surface area contributed by atoms with E-state index in [0.29, 0.717) is 0 Å². The van der Waals surface area contributed by atoms with Crippen molar-refractivity contribution in [1.29, 1.82) is 0 Å². The van der Waals surface area contributed by atoms with Gasteiger partial charge in [-0.25, -0.2) is 4.99 Å². The van der Waals surface area contributed by atoms with Crippen molar-refractivity contribution in [3.8, 4) is 0 Å². The fraction of sp³-hybridized carbons (Fsp3) is 0. The summed E-state index contributed by atoms with van der Waals surface area (Å²) in [5.41, 5.74) is 2.31. The van der Waals surface area contributed by atoms with Crippen LogP contribution in [-0.4, -0.2) is 0 Å². The van der Waals surface area contributed by atoms with Crippen LogP contribution in [0, 0.1) is 0 Å². The van der Waals surface area contributed by atoms with Crippen LogP contribution in [-0.2, 0) is 0 Å². The van der Waals surface area contributed by atoms with E-state index in [2.05, 4.69) is 4.99 Å². The van der Waals surface area contributed by atoms with Crippen molar-refractivity contribution in [3.63, 3.8) is 0 Å². The maximum atomic E-state index is 5.51. The van der Waals surface area contributed by atoms with E-state index in [0.717, 1.165) is 16.3 Å². The Balaban J connectivity index is 2.81. The first-order valence-corrected chi connectivity index (χ1v) is 3.80. The topological polar surface area (TPSA) is 12.4 Å². The van der Waals surface area contributed by atoms with Crippen LogP contribution in [0.1, 0.15) is 0 Å². The van der Waals surface area contributed by atoms with Crippen molar-refractivity contribution in [2.75, 3.05) is 0 Å². The minimum atomic E-state index is 0.827. The minimum Gasteiger partial charge on any atom is -0.247 e. The average Bonchev–Trinajstić information content (AvgIpc) is 2.46. The van der Waals surface area contributed by atoms with Crippen LogP contribution in [0.5, 0.6) is 0 Å². The smallest absolute Gasteiger partial charge is 0.0756 e. The van der Waals surface area contributed by atoms with Gasteiger partial charge in [0.1, 0.15) is 0 Å². The molecule has 1 aromatic carbocycles. The summed E-state index contributed by atoms with van der Waals surface area (Å²) in [5, 5.41) is 2.14. The number of hydrogen-bond donors (Lipinski definition) is 0. The Morgan fingerprint density at radius 1 is 1.27 bits per heavy atom. The summed E-state index contributed by atoms with van der Waals surface area (Å²) in [4.78, 5) is 4.24. The van der Waals surface area contributed by atoms with E-state index >= 15 is 0 Å². The van der Waals surface area contributed by atoms with Gasteiger partial charge in [-0.05, 0) is 12.1 Å². The van der Waals surface area contributed by atoms with E-state index < -0.39 is 0 Å². The van der Waals surface area contributed by atoms with Gasteiger partial charge < -0.3 is 0 Å². The Kier molecular flexibility index (Phi) is 1.51. The van der Waals surface area contributed by atoms with Crippen LogP contribution in [0.2, 0.25) is 0 Å². The second-order valence-electron chi connectivity index (χ2n) is 2.35. The highest BCUT2D eigenvalue weighted by Gasteiger charge is 1.96. The van der Waals surface area contributed by atoms with Gasteiger partial charge in [0.15, 0.2) is 0 Å². The quantitative estimate of drug-likeness (QED) is 0.545. The van der Waals surface area contributed by atoms with Crippen LogP contribution in [0.4, 0.5) is 0 Å². The van der Waals surface area contributed by atoms with Gasteiger partial charge in [-0.3, -0.25) is 0 Å². The predicted molar refractivity (Wildman–Crippen MR) is 45.6 cm³/mol. The molecule has 0 amide bonds. The lowest BCUT2D eigenvalue weighted by atomic mass is 10.3. The maximum absolute atomic E-state index is 5.51. The van der Waals surface area contributed by atoms with E-state index in [-0.39, 0.29) is 0 Å². The monoisotopic (exact) mass is 163 g/mol. The SMILES string of the molecule is ClC=C1C=c2ccccc2=N1. The minimum absolute atomic E-state index is 0.827. The maximum Gasteiger partial charge on any atom is 0.0756 e. The summed E-state index contributed by atoms with van der Waals surface area (Å²) in [6, 6.07) is 7.95. The highest BCUT2D eigenvalue weighted by atomic mass is 35.5. The lowest BCUT2D eigenvalue weighted by Gasteiger charge is -1.78. The number of halogens is 1. The number of benzene rings is 1. The fourth-order valence-electron chi connectivity index (χ4n) is 1.10. The first-order valence-electron chi connectivity index (χ1n) is 3.36. The van der Waals surface area contributed by atoms with E-state index in [4.69, 9.17) is 11.6 Å². The molecular formula is C9H6ClN. The number of rotatable bonds is 0. The molecule has 1 aliphatic rings. The Bertz CT molecular complexity index is 380. The van der Waals surface area contributed by atoms with E-state index in [1.807, 2.05) is 30.3 Å². The molecule has 1 aliphatic heterocycles. The molecule has 0 saturated carbocycles. The Labute approximate surface area is 69.3 Å². The van der Waals surface area contributed by atoms with Crippen molar-refractivity contribution in [1.82, 2.24) is 0 Å².